The Morgan fingerprint density at radius 2 is 2.24 bits per heavy atom. The van der Waals surface area contributed by atoms with Crippen LogP contribution < -0.4 is 5.32 Å². The van der Waals surface area contributed by atoms with Crippen LogP contribution in [0.3, 0.4) is 0 Å². The van der Waals surface area contributed by atoms with Crippen LogP contribution in [0.1, 0.15) is 18.3 Å². The van der Waals surface area contributed by atoms with Crippen molar-refractivity contribution in [3.05, 3.63) is 30.1 Å². The molecule has 2 heterocycles. The molecule has 0 atom stereocenters. The van der Waals surface area contributed by atoms with Crippen molar-refractivity contribution in [1.29, 1.82) is 0 Å². The van der Waals surface area contributed by atoms with Gasteiger partial charge in [-0.2, -0.15) is 10.2 Å². The van der Waals surface area contributed by atoms with E-state index in [9.17, 15) is 0 Å². The van der Waals surface area contributed by atoms with Gasteiger partial charge in [0.25, 0.3) is 0 Å². The first-order valence-electron chi connectivity index (χ1n) is 5.86. The molecule has 0 amide bonds. The number of hydrogen-bond donors (Lipinski definition) is 1. The Morgan fingerprint density at radius 1 is 1.35 bits per heavy atom. The maximum Gasteiger partial charge on any atom is 0.140 e. The molecule has 6 heteroatoms. The van der Waals surface area contributed by atoms with Crippen molar-refractivity contribution in [1.82, 2.24) is 29.9 Å². The van der Waals surface area contributed by atoms with Gasteiger partial charge in [0, 0.05) is 19.3 Å². The zero-order valence-electron chi connectivity index (χ0n) is 10.3. The van der Waals surface area contributed by atoms with Crippen LogP contribution in [0.25, 0.3) is 0 Å². The van der Waals surface area contributed by atoms with Gasteiger partial charge in [-0.1, -0.05) is 0 Å². The summed E-state index contributed by atoms with van der Waals surface area (Å²) < 4.78 is 3.83. The van der Waals surface area contributed by atoms with Gasteiger partial charge >= 0.3 is 0 Å². The molecule has 0 saturated heterocycles. The molecule has 2 aromatic rings. The van der Waals surface area contributed by atoms with Crippen molar-refractivity contribution in [3.63, 3.8) is 0 Å². The number of rotatable bonds is 6. The van der Waals surface area contributed by atoms with Gasteiger partial charge in [0.1, 0.15) is 12.2 Å². The third-order valence-electron chi connectivity index (χ3n) is 2.56. The Morgan fingerprint density at radius 3 is 2.94 bits per heavy atom. The molecule has 0 saturated carbocycles. The number of hydrogen-bond acceptors (Lipinski definition) is 4. The summed E-state index contributed by atoms with van der Waals surface area (Å²) in [5, 5.41) is 11.7. The largest absolute Gasteiger partial charge is 0.308 e. The predicted molar refractivity (Wildman–Crippen MR) is 64.4 cm³/mol. The van der Waals surface area contributed by atoms with Crippen LogP contribution in [0.15, 0.2) is 18.7 Å². The van der Waals surface area contributed by atoms with Crippen molar-refractivity contribution in [2.45, 2.75) is 33.5 Å². The molecule has 2 aromatic heterocycles. The SMILES string of the molecule is CCn1ncnc1CNCCn1cc(C)cn1. The first-order valence-corrected chi connectivity index (χ1v) is 5.86. The van der Waals surface area contributed by atoms with Crippen LogP contribution in [0.4, 0.5) is 0 Å². The van der Waals surface area contributed by atoms with Crippen LogP contribution in [0.2, 0.25) is 0 Å². The zero-order valence-corrected chi connectivity index (χ0v) is 10.3. The van der Waals surface area contributed by atoms with Gasteiger partial charge in [-0.25, -0.2) is 9.67 Å². The van der Waals surface area contributed by atoms with E-state index in [1.807, 2.05) is 28.7 Å². The Bertz CT molecular complexity index is 458. The average molecular weight is 234 g/mol. The van der Waals surface area contributed by atoms with Crippen molar-refractivity contribution in [2.75, 3.05) is 6.54 Å². The van der Waals surface area contributed by atoms with Gasteiger partial charge in [-0.3, -0.25) is 4.68 Å². The first kappa shape index (κ1) is 11.8. The highest BCUT2D eigenvalue weighted by Crippen LogP contribution is 1.94. The molecular formula is C11H18N6. The number of aryl methyl sites for hydroxylation is 2. The van der Waals surface area contributed by atoms with Gasteiger partial charge in [0.2, 0.25) is 0 Å². The fraction of sp³-hybridized carbons (Fsp3) is 0.545. The highest BCUT2D eigenvalue weighted by atomic mass is 15.3. The lowest BCUT2D eigenvalue weighted by atomic mass is 10.4. The van der Waals surface area contributed by atoms with E-state index in [1.54, 1.807) is 6.33 Å². The second-order valence-electron chi connectivity index (χ2n) is 3.95. The van der Waals surface area contributed by atoms with Crippen LogP contribution in [0.5, 0.6) is 0 Å². The lowest BCUT2D eigenvalue weighted by Gasteiger charge is -2.05. The predicted octanol–water partition coefficient (Wildman–Crippen LogP) is 0.593. The standard InChI is InChI=1S/C11H18N6/c1-3-17-11(13-9-15-17)7-12-4-5-16-8-10(2)6-14-16/h6,8-9,12H,3-5,7H2,1-2H3. The van der Waals surface area contributed by atoms with Gasteiger partial charge in [-0.05, 0) is 19.4 Å². The van der Waals surface area contributed by atoms with Gasteiger partial charge in [0.15, 0.2) is 0 Å². The minimum atomic E-state index is 0.744. The number of nitrogens with one attached hydrogen (secondary N) is 1. The zero-order chi connectivity index (χ0) is 12.1. The van der Waals surface area contributed by atoms with E-state index in [0.717, 1.165) is 32.0 Å². The second kappa shape index (κ2) is 5.58. The smallest absolute Gasteiger partial charge is 0.140 e. The number of aromatic nitrogens is 5. The molecular weight excluding hydrogens is 216 g/mol. The third kappa shape index (κ3) is 3.13. The van der Waals surface area contributed by atoms with Crippen molar-refractivity contribution in [2.24, 2.45) is 0 Å². The lowest BCUT2D eigenvalue weighted by molar-refractivity contribution is 0.526. The molecule has 0 spiro atoms. The minimum absolute atomic E-state index is 0.744. The molecule has 2 rings (SSSR count). The summed E-state index contributed by atoms with van der Waals surface area (Å²) in [7, 11) is 0. The summed E-state index contributed by atoms with van der Waals surface area (Å²) in [4.78, 5) is 4.20. The van der Waals surface area contributed by atoms with Crippen LogP contribution in [-0.2, 0) is 19.6 Å². The van der Waals surface area contributed by atoms with E-state index < -0.39 is 0 Å². The van der Waals surface area contributed by atoms with Gasteiger partial charge < -0.3 is 5.32 Å². The minimum Gasteiger partial charge on any atom is -0.308 e. The van der Waals surface area contributed by atoms with E-state index in [1.165, 1.54) is 5.56 Å². The molecule has 1 N–H and O–H groups in total. The Balaban J connectivity index is 1.73. The molecule has 0 bridgehead atoms. The van der Waals surface area contributed by atoms with E-state index in [-0.39, 0.29) is 0 Å². The molecule has 0 unspecified atom stereocenters. The second-order valence-corrected chi connectivity index (χ2v) is 3.95. The number of nitrogens with zero attached hydrogens (tertiary/aromatic N) is 5. The molecule has 0 radical (unpaired) electrons. The summed E-state index contributed by atoms with van der Waals surface area (Å²) >= 11 is 0. The quantitative estimate of drug-likeness (QED) is 0.743. The highest BCUT2D eigenvalue weighted by Gasteiger charge is 2.01. The van der Waals surface area contributed by atoms with E-state index in [2.05, 4.69) is 27.4 Å². The van der Waals surface area contributed by atoms with Gasteiger partial charge in [-0.15, -0.1) is 0 Å². The van der Waals surface area contributed by atoms with Crippen LogP contribution >= 0.6 is 0 Å². The van der Waals surface area contributed by atoms with Crippen LogP contribution in [-0.4, -0.2) is 31.1 Å². The Kier molecular flexibility index (Phi) is 3.87. The summed E-state index contributed by atoms with van der Waals surface area (Å²) in [6.45, 7) is 7.45. The van der Waals surface area contributed by atoms with Gasteiger partial charge in [0.05, 0.1) is 19.3 Å². The molecule has 0 aliphatic carbocycles. The lowest BCUT2D eigenvalue weighted by Crippen LogP contribution is -2.22. The van der Waals surface area contributed by atoms with Crippen molar-refractivity contribution >= 4 is 0 Å². The van der Waals surface area contributed by atoms with Crippen molar-refractivity contribution < 1.29 is 0 Å². The fourth-order valence-corrected chi connectivity index (χ4v) is 1.67. The monoisotopic (exact) mass is 234 g/mol. The summed E-state index contributed by atoms with van der Waals surface area (Å²) in [6.07, 6.45) is 5.50. The molecule has 6 nitrogen and oxygen atoms in total. The summed E-state index contributed by atoms with van der Waals surface area (Å²) in [5.74, 6) is 0.976. The maximum absolute atomic E-state index is 4.23. The first-order chi connectivity index (χ1) is 8.29. The topological polar surface area (TPSA) is 60.6 Å². The fourth-order valence-electron chi connectivity index (χ4n) is 1.67. The summed E-state index contributed by atoms with van der Waals surface area (Å²) in [6, 6.07) is 0. The average Bonchev–Trinajstić information content (AvgIpc) is 2.93. The molecule has 0 fully saturated rings. The Labute approximate surface area is 101 Å². The highest BCUT2D eigenvalue weighted by molar-refractivity contribution is 4.99. The Hall–Kier alpha value is -1.69. The van der Waals surface area contributed by atoms with E-state index >= 15 is 0 Å². The third-order valence-corrected chi connectivity index (χ3v) is 2.56. The molecule has 0 aliphatic heterocycles. The maximum atomic E-state index is 4.23. The molecule has 17 heavy (non-hydrogen) atoms. The molecule has 0 aliphatic rings. The van der Waals surface area contributed by atoms with E-state index in [0.29, 0.717) is 0 Å². The van der Waals surface area contributed by atoms with Crippen molar-refractivity contribution in [3.8, 4) is 0 Å². The van der Waals surface area contributed by atoms with Crippen LogP contribution in [0, 0.1) is 6.92 Å². The van der Waals surface area contributed by atoms with E-state index in [4.69, 9.17) is 0 Å². The molecule has 0 aromatic carbocycles. The summed E-state index contributed by atoms with van der Waals surface area (Å²) in [5.41, 5.74) is 1.19. The molecule has 92 valence electrons. The normalized spacial score (nSPS) is 10.9.